The molecular weight excluding hydrogens is 1400 g/mol. The predicted octanol–water partition coefficient (Wildman–Crippen LogP) is 25.0. The van der Waals surface area contributed by atoms with Crippen molar-refractivity contribution in [2.45, 2.75) is 46.3 Å². The molecule has 1 fully saturated rings. The number of benzene rings is 14. The Labute approximate surface area is 664 Å². The summed E-state index contributed by atoms with van der Waals surface area (Å²) in [7, 11) is -0.388. The molecule has 1 aliphatic rings. The van der Waals surface area contributed by atoms with Crippen LogP contribution in [0.5, 0.6) is 0 Å². The van der Waals surface area contributed by atoms with Crippen LogP contribution in [0.25, 0.3) is 167 Å². The van der Waals surface area contributed by atoms with Crippen molar-refractivity contribution < 1.29 is 9.31 Å². The highest BCUT2D eigenvalue weighted by Gasteiger charge is 2.51. The van der Waals surface area contributed by atoms with Crippen LogP contribution in [0.1, 0.15) is 35.1 Å². The molecule has 0 radical (unpaired) electrons. The van der Waals surface area contributed by atoms with Crippen LogP contribution in [-0.2, 0) is 9.31 Å². The summed E-state index contributed by atoms with van der Waals surface area (Å²) >= 11 is 5.99. The van der Waals surface area contributed by atoms with Gasteiger partial charge in [-0.05, 0) is 157 Å². The van der Waals surface area contributed by atoms with E-state index >= 15 is 0 Å². The summed E-state index contributed by atoms with van der Waals surface area (Å²) in [4.78, 5) is 36.7. The fourth-order valence-corrected chi connectivity index (χ4v) is 14.6. The molecule has 4 aromatic heterocycles. The van der Waals surface area contributed by atoms with Crippen LogP contribution >= 0.6 is 11.6 Å². The van der Waals surface area contributed by atoms with Crippen LogP contribution in [0.3, 0.4) is 0 Å². The predicted molar refractivity (Wildman–Crippen MR) is 469 cm³/mol. The molecule has 1 aliphatic heterocycles. The van der Waals surface area contributed by atoms with Crippen LogP contribution in [0.2, 0.25) is 5.28 Å². The standard InChI is InChI=1S/C46H30N4.C37H32BNO2.C15H10ClN3.C2H2.CH4/c1-3-13-34(14-4-1)44-48-45(35-15-5-2-6-16-35)50-46(49-44)36-28-26-33(27-29-36)43-40-20-10-8-18-38(40)37-17-7-9-19-39(37)42(43)32-24-22-31(23-25-32)41-21-11-12-30-47-41;1-36(2)37(3,4)41-38(40-36)28-22-20-27(21-23-28)35-32-14-8-6-12-30(32)29-11-5-7-13-31(29)34(35)26-18-16-25(17-19-26)33-15-9-10-24-39-33;16-15-18-13(11-7-3-1-4-8-11)17-14(19-15)12-9-5-2-6-10-12;1-2;/h1-30H;5-24H,1-4H3;1-10H;1-2H;1H4. The van der Waals surface area contributed by atoms with Gasteiger partial charge in [0.2, 0.25) is 5.28 Å². The summed E-state index contributed by atoms with van der Waals surface area (Å²) in [5.74, 6) is 3.10. The lowest BCUT2D eigenvalue weighted by molar-refractivity contribution is 0.00578. The maximum Gasteiger partial charge on any atom is 0.494 e. The largest absolute Gasteiger partial charge is 0.494 e. The average Bonchev–Trinajstić information content (AvgIpc) is 1.18. The van der Waals surface area contributed by atoms with Gasteiger partial charge in [-0.1, -0.05) is 335 Å². The van der Waals surface area contributed by atoms with Crippen LogP contribution in [0.4, 0.5) is 0 Å². The van der Waals surface area contributed by atoms with E-state index in [2.05, 4.69) is 260 Å². The van der Waals surface area contributed by atoms with Gasteiger partial charge >= 0.3 is 7.12 Å². The molecule has 14 aromatic carbocycles. The molecule has 5 heterocycles. The van der Waals surface area contributed by atoms with Crippen LogP contribution in [0, 0.1) is 12.8 Å². The second-order valence-electron chi connectivity index (χ2n) is 28.1. The van der Waals surface area contributed by atoms with E-state index in [9.17, 15) is 0 Å². The lowest BCUT2D eigenvalue weighted by Crippen LogP contribution is -2.41. The summed E-state index contributed by atoms with van der Waals surface area (Å²) in [5.41, 5.74) is 18.6. The van der Waals surface area contributed by atoms with Gasteiger partial charge in [0, 0.05) is 51.3 Å². The Morgan fingerprint density at radius 3 is 0.743 bits per heavy atom. The molecule has 0 spiro atoms. The molecule has 19 rings (SSSR count). The highest BCUT2D eigenvalue weighted by atomic mass is 35.5. The van der Waals surface area contributed by atoms with Crippen molar-refractivity contribution >= 4 is 67.3 Å². The zero-order valence-electron chi connectivity index (χ0n) is 62.1. The van der Waals surface area contributed by atoms with Crippen molar-refractivity contribution in [3.8, 4) is 137 Å². The Hall–Kier alpha value is -13.7. The molecule has 113 heavy (non-hydrogen) atoms. The molecule has 1 saturated heterocycles. The Morgan fingerprint density at radius 1 is 0.248 bits per heavy atom. The maximum atomic E-state index is 6.34. The quantitative estimate of drug-likeness (QED) is 0.0664. The van der Waals surface area contributed by atoms with Gasteiger partial charge in [0.1, 0.15) is 0 Å². The zero-order valence-corrected chi connectivity index (χ0v) is 62.9. The highest BCUT2D eigenvalue weighted by molar-refractivity contribution is 6.62. The normalized spacial score (nSPS) is 12.5. The summed E-state index contributed by atoms with van der Waals surface area (Å²) in [6, 6.07) is 122. The lowest BCUT2D eigenvalue weighted by atomic mass is 9.77. The number of terminal acetylenes is 1. The molecule has 544 valence electrons. The van der Waals surface area contributed by atoms with Gasteiger partial charge in [-0.3, -0.25) is 9.97 Å². The monoisotopic (exact) mass is 1480 g/mol. The summed E-state index contributed by atoms with van der Waals surface area (Å²) in [6.45, 7) is 8.37. The lowest BCUT2D eigenvalue weighted by Gasteiger charge is -2.32. The van der Waals surface area contributed by atoms with Gasteiger partial charge in [-0.2, -0.15) is 9.97 Å². The minimum Gasteiger partial charge on any atom is -0.399 e. The van der Waals surface area contributed by atoms with Gasteiger partial charge < -0.3 is 9.31 Å². The van der Waals surface area contributed by atoms with Gasteiger partial charge in [0.05, 0.1) is 22.6 Å². The number of hydrogen-bond donors (Lipinski definition) is 0. The highest BCUT2D eigenvalue weighted by Crippen LogP contribution is 2.48. The average molecular weight is 1480 g/mol. The number of pyridine rings is 2. The minimum absolute atomic E-state index is 0. The maximum absolute atomic E-state index is 6.34. The van der Waals surface area contributed by atoms with Crippen molar-refractivity contribution in [2.75, 3.05) is 0 Å². The number of halogens is 1. The van der Waals surface area contributed by atoms with Gasteiger partial charge in [0.15, 0.2) is 29.1 Å². The molecule has 0 atom stereocenters. The first-order chi connectivity index (χ1) is 54.9. The first-order valence-corrected chi connectivity index (χ1v) is 37.5. The van der Waals surface area contributed by atoms with Crippen LogP contribution in [-0.4, -0.2) is 58.2 Å². The smallest absolute Gasteiger partial charge is 0.399 e. The van der Waals surface area contributed by atoms with E-state index in [1.54, 1.807) is 0 Å². The van der Waals surface area contributed by atoms with Gasteiger partial charge in [-0.25, -0.2) is 19.9 Å². The molecule has 18 aromatic rings. The van der Waals surface area contributed by atoms with E-state index in [4.69, 9.17) is 35.9 Å². The molecule has 0 N–H and O–H groups in total. The summed E-state index contributed by atoms with van der Waals surface area (Å²) in [5, 5.41) is 10.1. The van der Waals surface area contributed by atoms with E-state index < -0.39 is 0 Å². The molecule has 0 saturated carbocycles. The zero-order chi connectivity index (χ0) is 76.6. The summed E-state index contributed by atoms with van der Waals surface area (Å²) in [6.07, 6.45) is 11.7. The first kappa shape index (κ1) is 74.7. The van der Waals surface area contributed by atoms with E-state index in [-0.39, 0.29) is 31.0 Å². The Kier molecular flexibility index (Phi) is 22.0. The molecule has 10 nitrogen and oxygen atoms in total. The minimum atomic E-state index is -0.388. The molecule has 12 heteroatoms. The van der Waals surface area contributed by atoms with E-state index in [0.29, 0.717) is 29.1 Å². The van der Waals surface area contributed by atoms with Crippen molar-refractivity contribution in [3.63, 3.8) is 0 Å². The first-order valence-electron chi connectivity index (χ1n) is 37.2. The SMILES string of the molecule is C.C#C.CC1(C)OB(c2ccc(-c3c(-c4ccc(-c5ccccn5)cc4)c4ccccc4c4ccccc34)cc2)OC1(C)C.Clc1nc(-c2ccccc2)nc(-c2ccccc2)n1.c1ccc(-c2nc(-c3ccccc3)nc(-c3ccc(-c4c(-c5ccc(-c6ccccn6)cc5)c5ccccc5c5ccccc45)cc3)n2)cc1. The molecule has 0 aliphatic carbocycles. The third-order valence-corrected chi connectivity index (χ3v) is 20.8. The van der Waals surface area contributed by atoms with Crippen molar-refractivity contribution in [2.24, 2.45) is 0 Å². The number of nitrogens with zero attached hydrogens (tertiary/aromatic N) is 8. The fraction of sp³-hybridized carbons (Fsp3) is 0.0693. The number of aromatic nitrogens is 8. The Morgan fingerprint density at radius 2 is 0.469 bits per heavy atom. The number of rotatable bonds is 12. The molecule has 0 unspecified atom stereocenters. The van der Waals surface area contributed by atoms with E-state index in [1.807, 2.05) is 170 Å². The second kappa shape index (κ2) is 33.2. The van der Waals surface area contributed by atoms with Crippen molar-refractivity contribution in [1.82, 2.24) is 39.9 Å². The third kappa shape index (κ3) is 15.6. The Bertz CT molecular complexity index is 6240. The van der Waals surface area contributed by atoms with E-state index in [0.717, 1.165) is 72.5 Å². The van der Waals surface area contributed by atoms with Gasteiger partial charge in [-0.15, -0.1) is 12.8 Å². The third-order valence-electron chi connectivity index (χ3n) is 20.7. The summed E-state index contributed by atoms with van der Waals surface area (Å²) < 4.78 is 12.7. The van der Waals surface area contributed by atoms with Crippen molar-refractivity contribution in [1.29, 1.82) is 0 Å². The molecule has 0 amide bonds. The van der Waals surface area contributed by atoms with Crippen LogP contribution < -0.4 is 5.46 Å². The van der Waals surface area contributed by atoms with Crippen molar-refractivity contribution in [3.05, 3.63) is 370 Å². The van der Waals surface area contributed by atoms with E-state index in [1.165, 1.54) is 70.9 Å². The topological polar surface area (TPSA) is 122 Å². The molecular formula is C101H78BClN8O2. The second-order valence-corrected chi connectivity index (χ2v) is 28.4. The number of fused-ring (bicyclic) bond motifs is 6. The fourth-order valence-electron chi connectivity index (χ4n) is 14.5. The van der Waals surface area contributed by atoms with Gasteiger partial charge in [0.25, 0.3) is 0 Å². The number of hydrogen-bond acceptors (Lipinski definition) is 10. The molecule has 0 bridgehead atoms. The Balaban J connectivity index is 0.000000143. The van der Waals surface area contributed by atoms with Crippen LogP contribution in [0.15, 0.2) is 364 Å².